The molecular weight excluding hydrogens is 391 g/mol. The first kappa shape index (κ1) is 19.6. The molecular formula is C23H22ClFN2O2. The fraction of sp³-hybridized carbons (Fsp3) is 0.304. The highest BCUT2D eigenvalue weighted by Crippen LogP contribution is 2.34. The van der Waals surface area contributed by atoms with Gasteiger partial charge in [-0.05, 0) is 54.2 Å². The smallest absolute Gasteiger partial charge is 0.278 e. The maximum Gasteiger partial charge on any atom is 0.278 e. The molecule has 0 aromatic heterocycles. The van der Waals surface area contributed by atoms with Crippen LogP contribution in [-0.2, 0) is 16.1 Å². The van der Waals surface area contributed by atoms with Gasteiger partial charge in [0.05, 0.1) is 12.1 Å². The van der Waals surface area contributed by atoms with Crippen molar-refractivity contribution in [2.45, 2.75) is 26.3 Å². The fourth-order valence-corrected chi connectivity index (χ4v) is 4.17. The molecule has 4 rings (SSSR count). The van der Waals surface area contributed by atoms with Crippen molar-refractivity contribution in [2.24, 2.45) is 5.92 Å². The molecule has 1 unspecified atom stereocenters. The van der Waals surface area contributed by atoms with Crippen LogP contribution < -0.4 is 0 Å². The van der Waals surface area contributed by atoms with Crippen LogP contribution in [0.25, 0.3) is 5.57 Å². The van der Waals surface area contributed by atoms with Crippen molar-refractivity contribution in [3.63, 3.8) is 0 Å². The minimum absolute atomic E-state index is 0.173. The maximum atomic E-state index is 13.4. The zero-order chi connectivity index (χ0) is 20.5. The Balaban J connectivity index is 1.72. The molecule has 6 heteroatoms. The lowest BCUT2D eigenvalue weighted by Gasteiger charge is -2.33. The summed E-state index contributed by atoms with van der Waals surface area (Å²) in [6.07, 6.45) is 2.08. The molecule has 2 amide bonds. The van der Waals surface area contributed by atoms with Crippen LogP contribution in [0.2, 0.25) is 5.02 Å². The Bertz CT molecular complexity index is 969. The van der Waals surface area contributed by atoms with E-state index in [1.54, 1.807) is 36.4 Å². The minimum atomic E-state index is -0.378. The molecule has 2 aromatic carbocycles. The molecule has 0 saturated carbocycles. The van der Waals surface area contributed by atoms with Crippen molar-refractivity contribution in [3.05, 3.63) is 76.2 Å². The first-order chi connectivity index (χ1) is 13.9. The van der Waals surface area contributed by atoms with Gasteiger partial charge in [0, 0.05) is 18.1 Å². The molecule has 0 bridgehead atoms. The van der Waals surface area contributed by atoms with E-state index < -0.39 is 0 Å². The minimum Gasteiger partial charge on any atom is -0.366 e. The molecule has 0 aliphatic carbocycles. The summed E-state index contributed by atoms with van der Waals surface area (Å²) in [5.74, 6) is -0.570. The number of carbonyl (C=O) groups is 2. The van der Waals surface area contributed by atoms with E-state index in [1.165, 1.54) is 17.0 Å². The Hall–Kier alpha value is -2.66. The summed E-state index contributed by atoms with van der Waals surface area (Å²) in [6.45, 7) is 3.79. The Morgan fingerprint density at radius 1 is 1.03 bits per heavy atom. The van der Waals surface area contributed by atoms with E-state index in [0.717, 1.165) is 31.5 Å². The second-order valence-corrected chi connectivity index (χ2v) is 8.18. The number of carbonyl (C=O) groups excluding carboxylic acids is 2. The van der Waals surface area contributed by atoms with Gasteiger partial charge >= 0.3 is 0 Å². The zero-order valence-corrected chi connectivity index (χ0v) is 17.0. The predicted molar refractivity (Wildman–Crippen MR) is 110 cm³/mol. The van der Waals surface area contributed by atoms with Gasteiger partial charge in [0.15, 0.2) is 0 Å². The summed E-state index contributed by atoms with van der Waals surface area (Å²) in [6, 6.07) is 12.9. The normalized spacial score (nSPS) is 20.0. The van der Waals surface area contributed by atoms with Crippen molar-refractivity contribution in [1.82, 2.24) is 9.80 Å². The van der Waals surface area contributed by atoms with Crippen molar-refractivity contribution in [2.75, 3.05) is 13.1 Å². The third kappa shape index (κ3) is 3.92. The number of imide groups is 1. The summed E-state index contributed by atoms with van der Waals surface area (Å²) >= 11 is 5.95. The van der Waals surface area contributed by atoms with Crippen LogP contribution in [-0.4, -0.2) is 34.7 Å². The Morgan fingerprint density at radius 3 is 2.38 bits per heavy atom. The van der Waals surface area contributed by atoms with Crippen molar-refractivity contribution < 1.29 is 14.0 Å². The summed E-state index contributed by atoms with van der Waals surface area (Å²) in [7, 11) is 0. The van der Waals surface area contributed by atoms with Crippen LogP contribution in [0.15, 0.2) is 54.2 Å². The van der Waals surface area contributed by atoms with Gasteiger partial charge in [0.25, 0.3) is 11.8 Å². The summed E-state index contributed by atoms with van der Waals surface area (Å²) in [5.41, 5.74) is 2.18. The average molecular weight is 413 g/mol. The van der Waals surface area contributed by atoms with E-state index in [9.17, 15) is 14.0 Å². The van der Waals surface area contributed by atoms with Gasteiger partial charge in [0.2, 0.25) is 0 Å². The molecule has 2 aliphatic rings. The van der Waals surface area contributed by atoms with Crippen LogP contribution in [0, 0.1) is 11.7 Å². The van der Waals surface area contributed by atoms with E-state index in [-0.39, 0.29) is 24.2 Å². The SMILES string of the molecule is CC1CCCN(C2=C(c3ccc(F)cc3)C(=O)N(Cc3ccc(Cl)cc3)C2=O)C1. The highest BCUT2D eigenvalue weighted by Gasteiger charge is 2.42. The lowest BCUT2D eigenvalue weighted by atomic mass is 9.98. The first-order valence-electron chi connectivity index (χ1n) is 9.80. The van der Waals surface area contributed by atoms with Gasteiger partial charge in [-0.2, -0.15) is 0 Å². The predicted octanol–water partition coefficient (Wildman–Crippen LogP) is 4.49. The Labute approximate surface area is 174 Å². The number of hydrogen-bond acceptors (Lipinski definition) is 3. The number of amides is 2. The van der Waals surface area contributed by atoms with E-state index in [4.69, 9.17) is 11.6 Å². The molecule has 0 spiro atoms. The molecule has 1 fully saturated rings. The number of halogens is 2. The molecule has 0 radical (unpaired) electrons. The van der Waals surface area contributed by atoms with Gasteiger partial charge in [0.1, 0.15) is 11.5 Å². The molecule has 2 aliphatic heterocycles. The number of hydrogen-bond donors (Lipinski definition) is 0. The number of piperidine rings is 1. The van der Waals surface area contributed by atoms with Gasteiger partial charge in [-0.15, -0.1) is 0 Å². The summed E-state index contributed by atoms with van der Waals surface area (Å²) in [4.78, 5) is 30.0. The molecule has 4 nitrogen and oxygen atoms in total. The van der Waals surface area contributed by atoms with E-state index in [1.807, 2.05) is 4.90 Å². The van der Waals surface area contributed by atoms with Gasteiger partial charge in [-0.1, -0.05) is 42.8 Å². The number of benzene rings is 2. The third-order valence-electron chi connectivity index (χ3n) is 5.50. The van der Waals surface area contributed by atoms with Crippen molar-refractivity contribution >= 4 is 29.0 Å². The zero-order valence-electron chi connectivity index (χ0n) is 16.2. The molecule has 29 heavy (non-hydrogen) atoms. The second kappa shape index (κ2) is 7.99. The average Bonchev–Trinajstić information content (AvgIpc) is 2.95. The molecule has 1 saturated heterocycles. The quantitative estimate of drug-likeness (QED) is 0.694. The fourth-order valence-electron chi connectivity index (χ4n) is 4.04. The molecule has 0 N–H and O–H groups in total. The molecule has 2 aromatic rings. The second-order valence-electron chi connectivity index (χ2n) is 7.75. The van der Waals surface area contributed by atoms with Crippen molar-refractivity contribution in [1.29, 1.82) is 0 Å². The van der Waals surface area contributed by atoms with E-state index >= 15 is 0 Å². The van der Waals surface area contributed by atoms with Crippen LogP contribution in [0.5, 0.6) is 0 Å². The summed E-state index contributed by atoms with van der Waals surface area (Å²) < 4.78 is 13.4. The lowest BCUT2D eigenvalue weighted by molar-refractivity contribution is -0.138. The van der Waals surface area contributed by atoms with Crippen LogP contribution in [0.3, 0.4) is 0 Å². The largest absolute Gasteiger partial charge is 0.366 e. The molecule has 1 atom stereocenters. The maximum absolute atomic E-state index is 13.4. The standard InChI is InChI=1S/C23H22ClFN2O2/c1-15-3-2-12-26(13-15)21-20(17-6-10-19(25)11-7-17)22(28)27(23(21)29)14-16-4-8-18(24)9-5-16/h4-11,15H,2-3,12-14H2,1H3. The van der Waals surface area contributed by atoms with E-state index in [0.29, 0.717) is 27.8 Å². The Kier molecular flexibility index (Phi) is 5.41. The van der Waals surface area contributed by atoms with Crippen LogP contribution in [0.1, 0.15) is 30.9 Å². The number of rotatable bonds is 4. The third-order valence-corrected chi connectivity index (χ3v) is 5.76. The Morgan fingerprint density at radius 2 is 1.72 bits per heavy atom. The molecule has 2 heterocycles. The topological polar surface area (TPSA) is 40.6 Å². The highest BCUT2D eigenvalue weighted by atomic mass is 35.5. The number of nitrogens with zero attached hydrogens (tertiary/aromatic N) is 2. The molecule has 150 valence electrons. The van der Waals surface area contributed by atoms with Gasteiger partial charge < -0.3 is 4.90 Å². The van der Waals surface area contributed by atoms with Gasteiger partial charge in [-0.3, -0.25) is 14.5 Å². The lowest BCUT2D eigenvalue weighted by Crippen LogP contribution is -2.39. The first-order valence-corrected chi connectivity index (χ1v) is 10.2. The van der Waals surface area contributed by atoms with Gasteiger partial charge in [-0.25, -0.2) is 4.39 Å². The summed E-state index contributed by atoms with van der Waals surface area (Å²) in [5, 5.41) is 0.598. The van der Waals surface area contributed by atoms with Crippen LogP contribution >= 0.6 is 11.6 Å². The number of likely N-dealkylation sites (tertiary alicyclic amines) is 1. The monoisotopic (exact) mass is 412 g/mol. The van der Waals surface area contributed by atoms with E-state index in [2.05, 4.69) is 6.92 Å². The highest BCUT2D eigenvalue weighted by molar-refractivity contribution is 6.35. The van der Waals surface area contributed by atoms with Crippen LogP contribution in [0.4, 0.5) is 4.39 Å². The van der Waals surface area contributed by atoms with Crippen molar-refractivity contribution in [3.8, 4) is 0 Å².